The van der Waals surface area contributed by atoms with E-state index >= 15 is 0 Å². The van der Waals surface area contributed by atoms with Crippen molar-refractivity contribution in [2.75, 3.05) is 33.4 Å². The number of nitrogens with one attached hydrogen (secondary N) is 1. The van der Waals surface area contributed by atoms with Gasteiger partial charge in [0.2, 0.25) is 0 Å². The van der Waals surface area contributed by atoms with Gasteiger partial charge in [0.25, 0.3) is 5.91 Å². The highest BCUT2D eigenvalue weighted by molar-refractivity contribution is 5.99. The van der Waals surface area contributed by atoms with Crippen molar-refractivity contribution in [3.05, 3.63) is 29.5 Å². The first-order valence-corrected chi connectivity index (χ1v) is 10.9. The van der Waals surface area contributed by atoms with E-state index < -0.39 is 5.60 Å². The van der Waals surface area contributed by atoms with Crippen LogP contribution in [0.1, 0.15) is 49.5 Å². The van der Waals surface area contributed by atoms with Crippen LogP contribution in [0.5, 0.6) is 0 Å². The van der Waals surface area contributed by atoms with Gasteiger partial charge in [0, 0.05) is 50.4 Å². The third kappa shape index (κ3) is 6.19. The predicted molar refractivity (Wildman–Crippen MR) is 119 cm³/mol. The van der Waals surface area contributed by atoms with Gasteiger partial charge in [-0.05, 0) is 64.2 Å². The van der Waals surface area contributed by atoms with Gasteiger partial charge in [-0.1, -0.05) is 0 Å². The lowest BCUT2D eigenvalue weighted by Gasteiger charge is -2.33. The molecular weight excluding hydrogens is 396 g/mol. The van der Waals surface area contributed by atoms with Gasteiger partial charge < -0.3 is 19.7 Å². The zero-order chi connectivity index (χ0) is 22.6. The van der Waals surface area contributed by atoms with E-state index in [0.717, 1.165) is 35.9 Å². The summed E-state index contributed by atoms with van der Waals surface area (Å²) in [4.78, 5) is 26.5. The number of carbonyl (C=O) groups is 2. The first-order valence-electron chi connectivity index (χ1n) is 10.9. The number of fused-ring (bicyclic) bond motifs is 1. The van der Waals surface area contributed by atoms with E-state index in [2.05, 4.69) is 5.32 Å². The van der Waals surface area contributed by atoms with Gasteiger partial charge in [-0.3, -0.25) is 9.48 Å². The molecule has 0 bridgehead atoms. The van der Waals surface area contributed by atoms with Crippen molar-refractivity contribution >= 4 is 22.9 Å². The van der Waals surface area contributed by atoms with Crippen LogP contribution in [0.15, 0.2) is 18.3 Å². The summed E-state index contributed by atoms with van der Waals surface area (Å²) in [5.41, 5.74) is 1.98. The molecule has 1 fully saturated rings. The molecule has 0 saturated carbocycles. The number of amides is 2. The van der Waals surface area contributed by atoms with Crippen molar-refractivity contribution in [3.8, 4) is 0 Å². The first kappa shape index (κ1) is 23.1. The maximum Gasteiger partial charge on any atom is 0.410 e. The molecule has 2 aromatic rings. The molecule has 0 spiro atoms. The Morgan fingerprint density at radius 2 is 1.94 bits per heavy atom. The second-order valence-electron chi connectivity index (χ2n) is 9.24. The maximum absolute atomic E-state index is 12.4. The SMILES string of the molecule is COCCNC(=O)c1cc2cn(CC3CCN(C(=O)OC(C)(C)C)CC3)nc2cc1C. The molecular formula is C23H34N4O4. The average Bonchev–Trinajstić information content (AvgIpc) is 3.07. The molecule has 1 aliphatic heterocycles. The van der Waals surface area contributed by atoms with Gasteiger partial charge in [-0.2, -0.15) is 5.10 Å². The van der Waals surface area contributed by atoms with Crippen molar-refractivity contribution in [2.45, 2.75) is 52.7 Å². The Bertz CT molecular complexity index is 924. The second kappa shape index (κ2) is 9.68. The Kier molecular flexibility index (Phi) is 7.20. The Labute approximate surface area is 183 Å². The number of aryl methyl sites for hydroxylation is 1. The highest BCUT2D eigenvalue weighted by atomic mass is 16.6. The molecule has 31 heavy (non-hydrogen) atoms. The number of hydrogen-bond acceptors (Lipinski definition) is 5. The van der Waals surface area contributed by atoms with Crippen molar-refractivity contribution < 1.29 is 19.1 Å². The molecule has 0 radical (unpaired) electrons. The lowest BCUT2D eigenvalue weighted by molar-refractivity contribution is 0.0177. The standard InChI is InChI=1S/C23H34N4O4/c1-16-12-20-18(13-19(16)21(28)24-8-11-30-5)15-27(25-20)14-17-6-9-26(10-7-17)22(29)31-23(2,3)4/h12-13,15,17H,6-11,14H2,1-5H3,(H,24,28). The summed E-state index contributed by atoms with van der Waals surface area (Å²) < 4.78 is 12.4. The van der Waals surface area contributed by atoms with Crippen LogP contribution in [0.3, 0.4) is 0 Å². The van der Waals surface area contributed by atoms with Crippen molar-refractivity contribution in [2.24, 2.45) is 5.92 Å². The molecule has 1 aliphatic rings. The minimum Gasteiger partial charge on any atom is -0.444 e. The molecule has 8 heteroatoms. The first-order chi connectivity index (χ1) is 14.7. The molecule has 0 aliphatic carbocycles. The smallest absolute Gasteiger partial charge is 0.410 e. The van der Waals surface area contributed by atoms with Gasteiger partial charge in [0.1, 0.15) is 5.60 Å². The molecule has 1 aromatic carbocycles. The quantitative estimate of drug-likeness (QED) is 0.710. The number of nitrogens with zero attached hydrogens (tertiary/aromatic N) is 3. The highest BCUT2D eigenvalue weighted by Crippen LogP contribution is 2.23. The molecule has 1 aromatic heterocycles. The van der Waals surface area contributed by atoms with Crippen molar-refractivity contribution in [3.63, 3.8) is 0 Å². The van der Waals surface area contributed by atoms with Crippen molar-refractivity contribution in [1.82, 2.24) is 20.0 Å². The third-order valence-corrected chi connectivity index (χ3v) is 5.45. The number of likely N-dealkylation sites (tertiary alicyclic amines) is 1. The minimum absolute atomic E-state index is 0.0984. The molecule has 8 nitrogen and oxygen atoms in total. The van der Waals surface area contributed by atoms with E-state index in [0.29, 0.717) is 37.7 Å². The van der Waals surface area contributed by atoms with Crippen LogP contribution in [0.4, 0.5) is 4.79 Å². The molecule has 170 valence electrons. The number of piperidine rings is 1. The van der Waals surface area contributed by atoms with Crippen LogP contribution < -0.4 is 5.32 Å². The Morgan fingerprint density at radius 3 is 2.58 bits per heavy atom. The number of methoxy groups -OCH3 is 1. The summed E-state index contributed by atoms with van der Waals surface area (Å²) in [5.74, 6) is 0.352. The van der Waals surface area contributed by atoms with Crippen molar-refractivity contribution in [1.29, 1.82) is 0 Å². The van der Waals surface area contributed by atoms with E-state index in [1.165, 1.54) is 0 Å². The summed E-state index contributed by atoms with van der Waals surface area (Å²) in [6, 6.07) is 3.86. The number of carbonyl (C=O) groups excluding carboxylic acids is 2. The van der Waals surface area contributed by atoms with Crippen LogP contribution in [0.25, 0.3) is 10.9 Å². The molecule has 3 rings (SSSR count). The lowest BCUT2D eigenvalue weighted by Crippen LogP contribution is -2.42. The van der Waals surface area contributed by atoms with E-state index in [4.69, 9.17) is 14.6 Å². The minimum atomic E-state index is -0.471. The Morgan fingerprint density at radius 1 is 1.23 bits per heavy atom. The van der Waals surface area contributed by atoms with Crippen LogP contribution in [0.2, 0.25) is 0 Å². The average molecular weight is 431 g/mol. The summed E-state index contributed by atoms with van der Waals surface area (Å²) in [5, 5.41) is 8.53. The number of benzene rings is 1. The zero-order valence-corrected chi connectivity index (χ0v) is 19.2. The fourth-order valence-electron chi connectivity index (χ4n) is 3.82. The fraction of sp³-hybridized carbons (Fsp3) is 0.609. The number of rotatable bonds is 6. The van der Waals surface area contributed by atoms with Crippen LogP contribution in [-0.4, -0.2) is 65.6 Å². The number of hydrogen-bond donors (Lipinski definition) is 1. The highest BCUT2D eigenvalue weighted by Gasteiger charge is 2.27. The van der Waals surface area contributed by atoms with E-state index in [9.17, 15) is 9.59 Å². The largest absolute Gasteiger partial charge is 0.444 e. The van der Waals surface area contributed by atoms with Gasteiger partial charge in [-0.25, -0.2) is 4.79 Å². The van der Waals surface area contributed by atoms with Gasteiger partial charge in [0.15, 0.2) is 0 Å². The molecule has 2 amide bonds. The number of ether oxygens (including phenoxy) is 2. The summed E-state index contributed by atoms with van der Waals surface area (Å²) >= 11 is 0. The molecule has 1 N–H and O–H groups in total. The van der Waals surface area contributed by atoms with E-state index in [-0.39, 0.29) is 12.0 Å². The molecule has 0 atom stereocenters. The molecule has 0 unspecified atom stereocenters. The Balaban J connectivity index is 1.60. The summed E-state index contributed by atoms with van der Waals surface area (Å²) in [6.45, 7) is 10.7. The van der Waals surface area contributed by atoms with Gasteiger partial charge >= 0.3 is 6.09 Å². The normalized spacial score (nSPS) is 15.3. The fourth-order valence-corrected chi connectivity index (χ4v) is 3.82. The van der Waals surface area contributed by atoms with Gasteiger partial charge in [-0.15, -0.1) is 0 Å². The summed E-state index contributed by atoms with van der Waals surface area (Å²) in [6.07, 6.45) is 3.60. The molecule has 1 saturated heterocycles. The van der Waals surface area contributed by atoms with E-state index in [1.54, 1.807) is 12.0 Å². The molecule has 2 heterocycles. The maximum atomic E-state index is 12.4. The predicted octanol–water partition coefficient (Wildman–Crippen LogP) is 3.37. The van der Waals surface area contributed by atoms with E-state index in [1.807, 2.05) is 50.7 Å². The summed E-state index contributed by atoms with van der Waals surface area (Å²) in [7, 11) is 1.61. The third-order valence-electron chi connectivity index (χ3n) is 5.45. The van der Waals surface area contributed by atoms with Crippen LogP contribution >= 0.6 is 0 Å². The zero-order valence-electron chi connectivity index (χ0n) is 19.2. The lowest BCUT2D eigenvalue weighted by atomic mass is 9.97. The monoisotopic (exact) mass is 430 g/mol. The topological polar surface area (TPSA) is 85.7 Å². The van der Waals surface area contributed by atoms with Crippen LogP contribution in [0, 0.1) is 12.8 Å². The second-order valence-corrected chi connectivity index (χ2v) is 9.24. The Hall–Kier alpha value is -2.61. The number of aromatic nitrogens is 2. The van der Waals surface area contributed by atoms with Crippen LogP contribution in [-0.2, 0) is 16.0 Å². The van der Waals surface area contributed by atoms with Gasteiger partial charge in [0.05, 0.1) is 12.1 Å².